The molecule has 0 fully saturated rings. The molecule has 5 rings (SSSR count). The highest BCUT2D eigenvalue weighted by Gasteiger charge is 2.13. The van der Waals surface area contributed by atoms with Crippen LogP contribution in [0.3, 0.4) is 0 Å². The molecule has 150 valence electrons. The van der Waals surface area contributed by atoms with Crippen molar-refractivity contribution in [2.24, 2.45) is 0 Å². The third-order valence-electron chi connectivity index (χ3n) is 4.65. The van der Waals surface area contributed by atoms with Crippen molar-refractivity contribution in [3.63, 3.8) is 0 Å². The van der Waals surface area contributed by atoms with E-state index >= 15 is 0 Å². The predicted octanol–water partition coefficient (Wildman–Crippen LogP) is 5.31. The van der Waals surface area contributed by atoms with E-state index in [1.54, 1.807) is 11.3 Å². The van der Waals surface area contributed by atoms with Crippen LogP contribution in [-0.2, 0) is 0 Å². The van der Waals surface area contributed by atoms with Gasteiger partial charge >= 0.3 is 0 Å². The Bertz CT molecular complexity index is 1330. The van der Waals surface area contributed by atoms with Crippen LogP contribution in [0.5, 0.6) is 0 Å². The molecule has 0 atom stereocenters. The van der Waals surface area contributed by atoms with Crippen molar-refractivity contribution in [3.8, 4) is 27.5 Å². The van der Waals surface area contributed by atoms with Crippen molar-refractivity contribution in [2.75, 3.05) is 5.32 Å². The van der Waals surface area contributed by atoms with Gasteiger partial charge in [0.15, 0.2) is 5.69 Å². The lowest BCUT2D eigenvalue weighted by Gasteiger charge is -2.05. The van der Waals surface area contributed by atoms with Gasteiger partial charge in [0.2, 0.25) is 0 Å². The third-order valence-corrected chi connectivity index (χ3v) is 5.54. The zero-order valence-corrected chi connectivity index (χ0v) is 17.2. The Balaban J connectivity index is 1.34. The molecular weight excluding hydrogens is 406 g/mol. The molecule has 2 heterocycles. The van der Waals surface area contributed by atoms with E-state index in [4.69, 9.17) is 4.98 Å². The highest BCUT2D eigenvalue weighted by atomic mass is 32.1. The first-order valence-corrected chi connectivity index (χ1v) is 10.5. The average Bonchev–Trinajstić information content (AvgIpc) is 3.51. The van der Waals surface area contributed by atoms with Crippen LogP contribution in [0, 0.1) is 0 Å². The van der Waals surface area contributed by atoms with E-state index in [0.717, 1.165) is 27.5 Å². The molecule has 0 aliphatic heterocycles. The van der Waals surface area contributed by atoms with Crippen LogP contribution in [0.2, 0.25) is 0 Å². The Morgan fingerprint density at radius 1 is 0.871 bits per heavy atom. The summed E-state index contributed by atoms with van der Waals surface area (Å²) < 4.78 is 0. The fraction of sp³-hybridized carbons (Fsp3) is 0. The van der Waals surface area contributed by atoms with Gasteiger partial charge in [-0.05, 0) is 24.3 Å². The van der Waals surface area contributed by atoms with Crippen molar-refractivity contribution in [2.45, 2.75) is 0 Å². The minimum Gasteiger partial charge on any atom is -0.321 e. The summed E-state index contributed by atoms with van der Waals surface area (Å²) in [6, 6.07) is 27.2. The van der Waals surface area contributed by atoms with Crippen molar-refractivity contribution in [1.29, 1.82) is 0 Å². The molecule has 0 saturated heterocycles. The maximum Gasteiger partial charge on any atom is 0.277 e. The van der Waals surface area contributed by atoms with Gasteiger partial charge in [0.25, 0.3) is 5.91 Å². The van der Waals surface area contributed by atoms with Crippen molar-refractivity contribution >= 4 is 22.9 Å². The van der Waals surface area contributed by atoms with E-state index in [0.29, 0.717) is 5.69 Å². The molecule has 31 heavy (non-hydrogen) atoms. The maximum atomic E-state index is 12.7. The monoisotopic (exact) mass is 423 g/mol. The quantitative estimate of drug-likeness (QED) is 0.416. The van der Waals surface area contributed by atoms with Gasteiger partial charge in [0, 0.05) is 22.2 Å². The second-order valence-electron chi connectivity index (χ2n) is 6.79. The predicted molar refractivity (Wildman–Crippen MR) is 122 cm³/mol. The summed E-state index contributed by atoms with van der Waals surface area (Å²) >= 11 is 1.60. The molecule has 0 bridgehead atoms. The zero-order chi connectivity index (χ0) is 21.0. The Morgan fingerprint density at radius 3 is 2.42 bits per heavy atom. The summed E-state index contributed by atoms with van der Waals surface area (Å²) in [6.45, 7) is 0. The number of aromatic nitrogens is 4. The molecule has 0 unspecified atom stereocenters. The van der Waals surface area contributed by atoms with Gasteiger partial charge in [0.05, 0.1) is 17.6 Å². The van der Waals surface area contributed by atoms with E-state index < -0.39 is 0 Å². The van der Waals surface area contributed by atoms with Crippen molar-refractivity contribution < 1.29 is 4.79 Å². The first kappa shape index (κ1) is 18.9. The molecule has 6 nitrogen and oxygen atoms in total. The number of nitrogens with zero attached hydrogens (tertiary/aromatic N) is 4. The van der Waals surface area contributed by atoms with Crippen LogP contribution in [-0.4, -0.2) is 25.9 Å². The summed E-state index contributed by atoms with van der Waals surface area (Å²) in [5.41, 5.74) is 4.60. The van der Waals surface area contributed by atoms with E-state index in [1.165, 1.54) is 11.0 Å². The van der Waals surface area contributed by atoms with Gasteiger partial charge in [-0.1, -0.05) is 60.7 Å². The van der Waals surface area contributed by atoms with Gasteiger partial charge in [0.1, 0.15) is 5.01 Å². The fourth-order valence-corrected chi connectivity index (χ4v) is 3.96. The summed E-state index contributed by atoms with van der Waals surface area (Å²) in [5.74, 6) is -0.317. The van der Waals surface area contributed by atoms with Crippen molar-refractivity contribution in [3.05, 3.63) is 102 Å². The molecule has 1 N–H and O–H groups in total. The molecule has 5 aromatic rings. The smallest absolute Gasteiger partial charge is 0.277 e. The summed E-state index contributed by atoms with van der Waals surface area (Å²) in [7, 11) is 0. The van der Waals surface area contributed by atoms with Gasteiger partial charge in [-0.2, -0.15) is 9.90 Å². The average molecular weight is 424 g/mol. The first-order chi connectivity index (χ1) is 15.3. The van der Waals surface area contributed by atoms with E-state index in [-0.39, 0.29) is 11.6 Å². The molecule has 7 heteroatoms. The number of anilines is 1. The minimum absolute atomic E-state index is 0.245. The second kappa shape index (κ2) is 8.33. The standard InChI is InChI=1S/C24H17N5OS/c30-23(21-15-25-29(28-21)20-12-5-2-6-13-20)26-19-11-7-10-18(14-19)22-16-31-24(27-22)17-8-3-1-4-9-17/h1-16H,(H,26,30). The van der Waals surface area contributed by atoms with Gasteiger partial charge < -0.3 is 5.32 Å². The molecule has 0 saturated carbocycles. The number of amides is 1. The number of thiazole rings is 1. The van der Waals surface area contributed by atoms with Crippen LogP contribution in [0.15, 0.2) is 96.5 Å². The summed E-state index contributed by atoms with van der Waals surface area (Å²) in [5, 5.41) is 14.3. The molecule has 0 aliphatic rings. The largest absolute Gasteiger partial charge is 0.321 e. The molecule has 1 amide bonds. The summed E-state index contributed by atoms with van der Waals surface area (Å²) in [4.78, 5) is 18.8. The number of hydrogen-bond donors (Lipinski definition) is 1. The highest BCUT2D eigenvalue weighted by molar-refractivity contribution is 7.13. The lowest BCUT2D eigenvalue weighted by Crippen LogP contribution is -2.13. The number of para-hydroxylation sites is 1. The molecule has 2 aromatic heterocycles. The van der Waals surface area contributed by atoms with Crippen LogP contribution in [0.25, 0.3) is 27.5 Å². The molecule has 0 spiro atoms. The molecule has 0 radical (unpaired) electrons. The highest BCUT2D eigenvalue weighted by Crippen LogP contribution is 2.29. The topological polar surface area (TPSA) is 72.7 Å². The van der Waals surface area contributed by atoms with Crippen LogP contribution in [0.4, 0.5) is 5.69 Å². The Morgan fingerprint density at radius 2 is 1.61 bits per heavy atom. The third kappa shape index (κ3) is 4.12. The molecule has 0 aliphatic carbocycles. The number of carbonyl (C=O) groups excluding carboxylic acids is 1. The second-order valence-corrected chi connectivity index (χ2v) is 7.65. The van der Waals surface area contributed by atoms with E-state index in [1.807, 2.05) is 90.3 Å². The number of nitrogens with one attached hydrogen (secondary N) is 1. The van der Waals surface area contributed by atoms with Crippen LogP contribution < -0.4 is 5.32 Å². The minimum atomic E-state index is -0.317. The van der Waals surface area contributed by atoms with Gasteiger partial charge in [-0.15, -0.1) is 16.4 Å². The summed E-state index contributed by atoms with van der Waals surface area (Å²) in [6.07, 6.45) is 1.46. The lowest BCUT2D eigenvalue weighted by molar-refractivity contribution is 0.102. The number of carbonyl (C=O) groups is 1. The zero-order valence-electron chi connectivity index (χ0n) is 16.3. The van der Waals surface area contributed by atoms with E-state index in [9.17, 15) is 4.79 Å². The first-order valence-electron chi connectivity index (χ1n) is 9.67. The van der Waals surface area contributed by atoms with Gasteiger partial charge in [-0.3, -0.25) is 4.79 Å². The molecule has 3 aromatic carbocycles. The maximum absolute atomic E-state index is 12.7. The number of hydrogen-bond acceptors (Lipinski definition) is 5. The Hall–Kier alpha value is -4.10. The van der Waals surface area contributed by atoms with Gasteiger partial charge in [-0.25, -0.2) is 4.98 Å². The van der Waals surface area contributed by atoms with Crippen molar-refractivity contribution in [1.82, 2.24) is 20.0 Å². The van der Waals surface area contributed by atoms with Crippen LogP contribution >= 0.6 is 11.3 Å². The van der Waals surface area contributed by atoms with E-state index in [2.05, 4.69) is 15.5 Å². The fourth-order valence-electron chi connectivity index (χ4n) is 3.12. The van der Waals surface area contributed by atoms with Crippen LogP contribution in [0.1, 0.15) is 10.5 Å². The lowest BCUT2D eigenvalue weighted by atomic mass is 10.1. The number of rotatable bonds is 5. The number of benzene rings is 3. The Labute approximate surface area is 182 Å². The Kier molecular flexibility index (Phi) is 5.08. The SMILES string of the molecule is O=C(Nc1cccc(-c2csc(-c3ccccc3)n2)c1)c1cnn(-c2ccccc2)n1. The molecular formula is C24H17N5OS. The normalized spacial score (nSPS) is 10.7.